The Hall–Kier alpha value is -3.06. The van der Waals surface area contributed by atoms with Crippen molar-refractivity contribution in [3.8, 4) is 11.8 Å². The second-order valence-electron chi connectivity index (χ2n) is 6.74. The molecular formula is C23H24N2O2. The highest BCUT2D eigenvalue weighted by atomic mass is 16.5. The minimum atomic E-state index is 0.0297. The summed E-state index contributed by atoms with van der Waals surface area (Å²) in [7, 11) is 1.66. The fourth-order valence-corrected chi connectivity index (χ4v) is 3.48. The van der Waals surface area contributed by atoms with Crippen LogP contribution in [0.2, 0.25) is 0 Å². The fourth-order valence-electron chi connectivity index (χ4n) is 3.48. The molecule has 1 aliphatic heterocycles. The van der Waals surface area contributed by atoms with E-state index >= 15 is 0 Å². The van der Waals surface area contributed by atoms with Crippen molar-refractivity contribution >= 4 is 12.0 Å². The van der Waals surface area contributed by atoms with E-state index in [1.54, 1.807) is 25.3 Å². The number of carbonyl (C=O) groups is 1. The minimum absolute atomic E-state index is 0.0297. The Bertz CT molecular complexity index is 832. The van der Waals surface area contributed by atoms with Crippen molar-refractivity contribution in [2.75, 3.05) is 13.7 Å². The fraction of sp³-hybridized carbons (Fsp3) is 0.304. The first-order valence-electron chi connectivity index (χ1n) is 9.34. The second-order valence-corrected chi connectivity index (χ2v) is 6.74. The van der Waals surface area contributed by atoms with Gasteiger partial charge in [0.15, 0.2) is 0 Å². The third kappa shape index (κ3) is 4.77. The standard InChI is InChI=1S/C23H24N2O2/c1-27-21-13-11-20(12-14-21)22-5-3-2-4-16-25(22)23(26)15-10-18-6-8-19(17-24)9-7-18/h6-15,22H,2-5,16H2,1H3/b15-10+. The molecule has 1 aliphatic rings. The summed E-state index contributed by atoms with van der Waals surface area (Å²) in [4.78, 5) is 14.9. The maximum atomic E-state index is 12.9. The number of carbonyl (C=O) groups excluding carboxylic acids is 1. The number of rotatable bonds is 4. The smallest absolute Gasteiger partial charge is 0.247 e. The maximum absolute atomic E-state index is 12.9. The van der Waals surface area contributed by atoms with E-state index in [0.29, 0.717) is 5.56 Å². The molecule has 2 aromatic rings. The van der Waals surface area contributed by atoms with Gasteiger partial charge in [0, 0.05) is 12.6 Å². The molecule has 0 spiro atoms. The second kappa shape index (κ2) is 9.05. The van der Waals surface area contributed by atoms with Gasteiger partial charge in [0.2, 0.25) is 5.91 Å². The van der Waals surface area contributed by atoms with Gasteiger partial charge in [0.05, 0.1) is 24.8 Å². The lowest BCUT2D eigenvalue weighted by Crippen LogP contribution is -2.33. The van der Waals surface area contributed by atoms with E-state index in [1.807, 2.05) is 35.2 Å². The van der Waals surface area contributed by atoms with E-state index in [1.165, 1.54) is 0 Å². The van der Waals surface area contributed by atoms with Gasteiger partial charge in [-0.25, -0.2) is 0 Å². The van der Waals surface area contributed by atoms with Crippen LogP contribution in [0.1, 0.15) is 48.4 Å². The molecule has 0 aliphatic carbocycles. The SMILES string of the molecule is COc1ccc(C2CCCCCN2C(=O)/C=C/c2ccc(C#N)cc2)cc1. The van der Waals surface area contributed by atoms with E-state index in [-0.39, 0.29) is 11.9 Å². The number of ether oxygens (including phenoxy) is 1. The minimum Gasteiger partial charge on any atom is -0.497 e. The molecule has 1 fully saturated rings. The molecule has 1 amide bonds. The molecule has 0 aromatic heterocycles. The highest BCUT2D eigenvalue weighted by Gasteiger charge is 2.25. The van der Waals surface area contributed by atoms with Crippen molar-refractivity contribution in [1.82, 2.24) is 4.90 Å². The van der Waals surface area contributed by atoms with Gasteiger partial charge in [-0.2, -0.15) is 5.26 Å². The van der Waals surface area contributed by atoms with Crippen molar-refractivity contribution < 1.29 is 9.53 Å². The molecule has 0 saturated carbocycles. The van der Waals surface area contributed by atoms with Gasteiger partial charge in [-0.15, -0.1) is 0 Å². The number of benzene rings is 2. The zero-order valence-corrected chi connectivity index (χ0v) is 15.6. The highest BCUT2D eigenvalue weighted by molar-refractivity contribution is 5.92. The summed E-state index contributed by atoms with van der Waals surface area (Å²) in [6, 6.07) is 17.4. The Balaban J connectivity index is 1.78. The first-order chi connectivity index (χ1) is 13.2. The van der Waals surface area contributed by atoms with E-state index in [0.717, 1.165) is 49.1 Å². The maximum Gasteiger partial charge on any atom is 0.247 e. The average Bonchev–Trinajstić information content (AvgIpc) is 2.98. The van der Waals surface area contributed by atoms with Crippen LogP contribution < -0.4 is 4.74 Å². The number of hydrogen-bond acceptors (Lipinski definition) is 3. The number of nitriles is 1. The lowest BCUT2D eigenvalue weighted by Gasteiger charge is -2.29. The highest BCUT2D eigenvalue weighted by Crippen LogP contribution is 2.31. The van der Waals surface area contributed by atoms with Crippen molar-refractivity contribution in [3.05, 3.63) is 71.3 Å². The Labute approximate surface area is 160 Å². The quantitative estimate of drug-likeness (QED) is 0.741. The Morgan fingerprint density at radius 1 is 1.11 bits per heavy atom. The zero-order valence-electron chi connectivity index (χ0n) is 15.6. The van der Waals surface area contributed by atoms with Crippen LogP contribution in [-0.2, 0) is 4.79 Å². The monoisotopic (exact) mass is 360 g/mol. The number of nitrogens with zero attached hydrogens (tertiary/aromatic N) is 2. The Kier molecular flexibility index (Phi) is 6.27. The van der Waals surface area contributed by atoms with E-state index < -0.39 is 0 Å². The van der Waals surface area contributed by atoms with Gasteiger partial charge in [0.25, 0.3) is 0 Å². The molecule has 2 aromatic carbocycles. The predicted octanol–water partition coefficient (Wildman–Crippen LogP) is 4.72. The lowest BCUT2D eigenvalue weighted by atomic mass is 10.0. The summed E-state index contributed by atoms with van der Waals surface area (Å²) in [6.07, 6.45) is 7.74. The third-order valence-corrected chi connectivity index (χ3v) is 4.99. The molecule has 1 unspecified atom stereocenters. The summed E-state index contributed by atoms with van der Waals surface area (Å²) in [5.74, 6) is 0.855. The molecular weight excluding hydrogens is 336 g/mol. The van der Waals surface area contributed by atoms with Gasteiger partial charge < -0.3 is 9.64 Å². The Morgan fingerprint density at radius 3 is 2.52 bits per heavy atom. The molecule has 0 radical (unpaired) electrons. The van der Waals surface area contributed by atoms with E-state index in [9.17, 15) is 4.79 Å². The molecule has 138 valence electrons. The van der Waals surface area contributed by atoms with E-state index in [4.69, 9.17) is 10.00 Å². The van der Waals surface area contributed by atoms with Crippen LogP contribution in [0.15, 0.2) is 54.6 Å². The number of methoxy groups -OCH3 is 1. The number of likely N-dealkylation sites (tertiary alicyclic amines) is 1. The summed E-state index contributed by atoms with van der Waals surface area (Å²) < 4.78 is 5.25. The van der Waals surface area contributed by atoms with Crippen LogP contribution in [0.5, 0.6) is 5.75 Å². The van der Waals surface area contributed by atoms with Crippen LogP contribution in [0.3, 0.4) is 0 Å². The van der Waals surface area contributed by atoms with Gasteiger partial charge in [0.1, 0.15) is 5.75 Å². The van der Waals surface area contributed by atoms with Crippen molar-refractivity contribution in [3.63, 3.8) is 0 Å². The first-order valence-corrected chi connectivity index (χ1v) is 9.34. The van der Waals surface area contributed by atoms with Crippen LogP contribution in [0.25, 0.3) is 6.08 Å². The van der Waals surface area contributed by atoms with Crippen LogP contribution in [0, 0.1) is 11.3 Å². The van der Waals surface area contributed by atoms with Crippen LogP contribution >= 0.6 is 0 Å². The van der Waals surface area contributed by atoms with Crippen LogP contribution in [0.4, 0.5) is 0 Å². The number of amides is 1. The van der Waals surface area contributed by atoms with Crippen LogP contribution in [-0.4, -0.2) is 24.5 Å². The molecule has 0 N–H and O–H groups in total. The van der Waals surface area contributed by atoms with E-state index in [2.05, 4.69) is 18.2 Å². The molecule has 4 heteroatoms. The topological polar surface area (TPSA) is 53.3 Å². The first kappa shape index (κ1) is 18.7. The molecule has 0 bridgehead atoms. The van der Waals surface area contributed by atoms with Crippen molar-refractivity contribution in [1.29, 1.82) is 5.26 Å². The molecule has 1 heterocycles. The molecule has 3 rings (SSSR count). The van der Waals surface area contributed by atoms with Crippen molar-refractivity contribution in [2.24, 2.45) is 0 Å². The molecule has 1 saturated heterocycles. The van der Waals surface area contributed by atoms with Crippen molar-refractivity contribution in [2.45, 2.75) is 31.7 Å². The van der Waals surface area contributed by atoms with Gasteiger partial charge >= 0.3 is 0 Å². The molecule has 1 atom stereocenters. The average molecular weight is 360 g/mol. The summed E-state index contributed by atoms with van der Waals surface area (Å²) in [5, 5.41) is 8.88. The summed E-state index contributed by atoms with van der Waals surface area (Å²) in [6.45, 7) is 0.771. The van der Waals surface area contributed by atoms with Gasteiger partial charge in [-0.3, -0.25) is 4.79 Å². The Morgan fingerprint density at radius 2 is 1.85 bits per heavy atom. The van der Waals surface area contributed by atoms with Gasteiger partial charge in [-0.1, -0.05) is 37.1 Å². The summed E-state index contributed by atoms with van der Waals surface area (Å²) >= 11 is 0. The van der Waals surface area contributed by atoms with Gasteiger partial charge in [-0.05, 0) is 54.3 Å². The summed E-state index contributed by atoms with van der Waals surface area (Å²) in [5.41, 5.74) is 2.68. The zero-order chi connectivity index (χ0) is 19.1. The largest absolute Gasteiger partial charge is 0.497 e. The lowest BCUT2D eigenvalue weighted by molar-refractivity contribution is -0.128. The normalized spacial score (nSPS) is 17.3. The molecule has 27 heavy (non-hydrogen) atoms. The third-order valence-electron chi connectivity index (χ3n) is 4.99. The number of hydrogen-bond donors (Lipinski definition) is 0. The molecule has 4 nitrogen and oxygen atoms in total. The predicted molar refractivity (Wildman–Crippen MR) is 106 cm³/mol.